The summed E-state index contributed by atoms with van der Waals surface area (Å²) in [6.07, 6.45) is 6.91. The van der Waals surface area contributed by atoms with Crippen molar-refractivity contribution in [2.75, 3.05) is 26.2 Å². The van der Waals surface area contributed by atoms with Crippen molar-refractivity contribution in [1.82, 2.24) is 10.2 Å². The van der Waals surface area contributed by atoms with Gasteiger partial charge < -0.3 is 10.2 Å². The molecule has 2 heteroatoms. The molecule has 1 aromatic carbocycles. The molecule has 2 aliphatic rings. The van der Waals surface area contributed by atoms with Gasteiger partial charge in [0, 0.05) is 12.6 Å². The molecule has 1 saturated heterocycles. The maximum Gasteiger partial charge on any atom is 0.0223 e. The van der Waals surface area contributed by atoms with Crippen LogP contribution >= 0.6 is 0 Å². The average molecular weight is 286 g/mol. The van der Waals surface area contributed by atoms with Gasteiger partial charge in [0.05, 0.1) is 0 Å². The second-order valence-corrected chi connectivity index (χ2v) is 6.94. The van der Waals surface area contributed by atoms with Crippen LogP contribution in [0.25, 0.3) is 0 Å². The molecule has 1 atom stereocenters. The molecular weight excluding hydrogens is 256 g/mol. The fourth-order valence-corrected chi connectivity index (χ4v) is 3.74. The maximum atomic E-state index is 3.70. The molecule has 0 radical (unpaired) electrons. The van der Waals surface area contributed by atoms with E-state index in [0.29, 0.717) is 0 Å². The predicted octanol–water partition coefficient (Wildman–Crippen LogP) is 3.33. The van der Waals surface area contributed by atoms with Gasteiger partial charge in [-0.2, -0.15) is 0 Å². The van der Waals surface area contributed by atoms with Crippen LogP contribution in [-0.2, 0) is 6.42 Å². The van der Waals surface area contributed by atoms with E-state index in [4.69, 9.17) is 0 Å². The Labute approximate surface area is 129 Å². The van der Waals surface area contributed by atoms with Gasteiger partial charge in [0.25, 0.3) is 0 Å². The standard InChI is InChI=1S/C19H30N2/c1-2-20-19(18-8-9-18)15-21-12-10-17(11-13-21)14-16-6-4-3-5-7-16/h3-7,17-20H,2,8-15H2,1H3. The van der Waals surface area contributed by atoms with Crippen LogP contribution in [0.3, 0.4) is 0 Å². The molecule has 0 amide bonds. The Bertz CT molecular complexity index is 405. The van der Waals surface area contributed by atoms with Gasteiger partial charge in [-0.05, 0) is 69.1 Å². The highest BCUT2D eigenvalue weighted by Crippen LogP contribution is 2.33. The fraction of sp³-hybridized carbons (Fsp3) is 0.684. The van der Waals surface area contributed by atoms with E-state index in [1.807, 2.05) is 0 Å². The quantitative estimate of drug-likeness (QED) is 0.827. The zero-order valence-corrected chi connectivity index (χ0v) is 13.4. The smallest absolute Gasteiger partial charge is 0.0223 e. The lowest BCUT2D eigenvalue weighted by atomic mass is 9.90. The summed E-state index contributed by atoms with van der Waals surface area (Å²) < 4.78 is 0. The number of hydrogen-bond acceptors (Lipinski definition) is 2. The van der Waals surface area contributed by atoms with E-state index < -0.39 is 0 Å². The van der Waals surface area contributed by atoms with Crippen LogP contribution in [0.4, 0.5) is 0 Å². The van der Waals surface area contributed by atoms with E-state index in [1.54, 1.807) is 0 Å². The van der Waals surface area contributed by atoms with Crippen molar-refractivity contribution in [2.45, 2.75) is 45.1 Å². The predicted molar refractivity (Wildman–Crippen MR) is 89.5 cm³/mol. The first kappa shape index (κ1) is 15.1. The third-order valence-corrected chi connectivity index (χ3v) is 5.19. The Hall–Kier alpha value is -0.860. The van der Waals surface area contributed by atoms with Crippen LogP contribution < -0.4 is 5.32 Å². The number of nitrogens with one attached hydrogen (secondary N) is 1. The zero-order valence-electron chi connectivity index (χ0n) is 13.4. The van der Waals surface area contributed by atoms with Gasteiger partial charge in [-0.3, -0.25) is 0 Å². The number of likely N-dealkylation sites (N-methyl/N-ethyl adjacent to an activating group) is 1. The molecule has 3 rings (SSSR count). The lowest BCUT2D eigenvalue weighted by molar-refractivity contribution is 0.163. The van der Waals surface area contributed by atoms with Crippen LogP contribution in [0.1, 0.15) is 38.2 Å². The summed E-state index contributed by atoms with van der Waals surface area (Å²) in [6, 6.07) is 11.8. The molecule has 1 saturated carbocycles. The van der Waals surface area contributed by atoms with E-state index in [0.717, 1.165) is 24.4 Å². The van der Waals surface area contributed by atoms with Crippen LogP contribution in [0.2, 0.25) is 0 Å². The summed E-state index contributed by atoms with van der Waals surface area (Å²) in [5.74, 6) is 1.86. The minimum Gasteiger partial charge on any atom is -0.313 e. The van der Waals surface area contributed by atoms with Crippen molar-refractivity contribution in [3.8, 4) is 0 Å². The molecule has 1 unspecified atom stereocenters. The number of benzene rings is 1. The lowest BCUT2D eigenvalue weighted by Crippen LogP contribution is -2.45. The number of rotatable bonds is 7. The molecular formula is C19H30N2. The molecule has 0 bridgehead atoms. The highest BCUT2D eigenvalue weighted by molar-refractivity contribution is 5.15. The average Bonchev–Trinajstić information content (AvgIpc) is 3.35. The second kappa shape index (κ2) is 7.42. The van der Waals surface area contributed by atoms with Gasteiger partial charge in [0.2, 0.25) is 0 Å². The summed E-state index contributed by atoms with van der Waals surface area (Å²) in [6.45, 7) is 7.22. The molecule has 2 fully saturated rings. The van der Waals surface area contributed by atoms with Crippen molar-refractivity contribution < 1.29 is 0 Å². The summed E-state index contributed by atoms with van der Waals surface area (Å²) in [4.78, 5) is 2.70. The molecule has 2 nitrogen and oxygen atoms in total. The minimum atomic E-state index is 0.751. The van der Waals surface area contributed by atoms with Crippen molar-refractivity contribution in [2.24, 2.45) is 11.8 Å². The van der Waals surface area contributed by atoms with Gasteiger partial charge in [0.1, 0.15) is 0 Å². The van der Waals surface area contributed by atoms with E-state index in [1.165, 1.54) is 57.3 Å². The van der Waals surface area contributed by atoms with Gasteiger partial charge in [-0.1, -0.05) is 37.3 Å². The molecule has 1 aliphatic heterocycles. The van der Waals surface area contributed by atoms with Crippen molar-refractivity contribution in [3.63, 3.8) is 0 Å². The third kappa shape index (κ3) is 4.55. The Morgan fingerprint density at radius 3 is 2.43 bits per heavy atom. The molecule has 1 heterocycles. The molecule has 21 heavy (non-hydrogen) atoms. The fourth-order valence-electron chi connectivity index (χ4n) is 3.74. The lowest BCUT2D eigenvalue weighted by Gasteiger charge is -2.34. The number of piperidine rings is 1. The van der Waals surface area contributed by atoms with Crippen molar-refractivity contribution >= 4 is 0 Å². The highest BCUT2D eigenvalue weighted by atomic mass is 15.2. The van der Waals surface area contributed by atoms with Crippen LogP contribution in [0.15, 0.2) is 30.3 Å². The van der Waals surface area contributed by atoms with Gasteiger partial charge in [0.15, 0.2) is 0 Å². The first-order chi connectivity index (χ1) is 10.3. The first-order valence-corrected chi connectivity index (χ1v) is 8.85. The topological polar surface area (TPSA) is 15.3 Å². The molecule has 116 valence electrons. The number of hydrogen-bond donors (Lipinski definition) is 1. The van der Waals surface area contributed by atoms with Crippen LogP contribution in [0.5, 0.6) is 0 Å². The number of likely N-dealkylation sites (tertiary alicyclic amines) is 1. The van der Waals surface area contributed by atoms with Crippen molar-refractivity contribution in [3.05, 3.63) is 35.9 Å². The number of nitrogens with zero attached hydrogens (tertiary/aromatic N) is 1. The molecule has 0 spiro atoms. The normalized spacial score (nSPS) is 22.3. The summed E-state index contributed by atoms with van der Waals surface area (Å²) in [5, 5.41) is 3.70. The van der Waals surface area contributed by atoms with Gasteiger partial charge in [-0.25, -0.2) is 0 Å². The SMILES string of the molecule is CCNC(CN1CCC(Cc2ccccc2)CC1)C1CC1. The molecule has 1 aromatic rings. The summed E-state index contributed by atoms with van der Waals surface area (Å²) >= 11 is 0. The monoisotopic (exact) mass is 286 g/mol. The van der Waals surface area contributed by atoms with E-state index in [-0.39, 0.29) is 0 Å². The Balaban J connectivity index is 1.42. The van der Waals surface area contributed by atoms with Crippen molar-refractivity contribution in [1.29, 1.82) is 0 Å². The van der Waals surface area contributed by atoms with E-state index >= 15 is 0 Å². The third-order valence-electron chi connectivity index (χ3n) is 5.19. The maximum absolute atomic E-state index is 3.70. The van der Waals surface area contributed by atoms with E-state index in [2.05, 4.69) is 47.5 Å². The van der Waals surface area contributed by atoms with Gasteiger partial charge >= 0.3 is 0 Å². The van der Waals surface area contributed by atoms with E-state index in [9.17, 15) is 0 Å². The Morgan fingerprint density at radius 1 is 1.10 bits per heavy atom. The minimum absolute atomic E-state index is 0.751. The highest BCUT2D eigenvalue weighted by Gasteiger charge is 2.32. The molecule has 1 aliphatic carbocycles. The first-order valence-electron chi connectivity index (χ1n) is 8.85. The summed E-state index contributed by atoms with van der Waals surface area (Å²) in [7, 11) is 0. The van der Waals surface area contributed by atoms with Crippen LogP contribution in [0, 0.1) is 11.8 Å². The largest absolute Gasteiger partial charge is 0.313 e. The Kier molecular flexibility index (Phi) is 5.32. The second-order valence-electron chi connectivity index (χ2n) is 6.94. The van der Waals surface area contributed by atoms with Crippen LogP contribution in [-0.4, -0.2) is 37.1 Å². The van der Waals surface area contributed by atoms with Gasteiger partial charge in [-0.15, -0.1) is 0 Å². The molecule has 1 N–H and O–H groups in total. The summed E-state index contributed by atoms with van der Waals surface area (Å²) in [5.41, 5.74) is 1.51. The molecule has 0 aromatic heterocycles. The zero-order chi connectivity index (χ0) is 14.5. The Morgan fingerprint density at radius 2 is 1.81 bits per heavy atom.